The third-order valence-electron chi connectivity index (χ3n) is 5.24. The van der Waals surface area contributed by atoms with Crippen molar-refractivity contribution < 1.29 is 9.15 Å². The Morgan fingerprint density at radius 1 is 1.04 bits per heavy atom. The summed E-state index contributed by atoms with van der Waals surface area (Å²) in [6.07, 6.45) is 0. The van der Waals surface area contributed by atoms with E-state index in [9.17, 15) is 4.79 Å². The molecule has 1 aliphatic rings. The molecule has 0 atom stereocenters. The van der Waals surface area contributed by atoms with Gasteiger partial charge in [0.15, 0.2) is 6.73 Å². The van der Waals surface area contributed by atoms with Crippen LogP contribution in [0.1, 0.15) is 27.8 Å². The highest BCUT2D eigenvalue weighted by Crippen LogP contribution is 2.38. The Labute approximate surface area is 156 Å². The van der Waals surface area contributed by atoms with Gasteiger partial charge in [-0.05, 0) is 57.0 Å². The van der Waals surface area contributed by atoms with Crippen molar-refractivity contribution in [2.45, 2.75) is 34.2 Å². The summed E-state index contributed by atoms with van der Waals surface area (Å²) in [6, 6.07) is 7.95. The molecule has 134 valence electrons. The molecule has 0 aliphatic carbocycles. The number of ether oxygens (including phenoxy) is 1. The Morgan fingerprint density at radius 3 is 2.58 bits per heavy atom. The van der Waals surface area contributed by atoms with E-state index < -0.39 is 0 Å². The first kappa shape index (κ1) is 17.0. The van der Waals surface area contributed by atoms with E-state index in [0.717, 1.165) is 39.1 Å². The maximum atomic E-state index is 12.1. The van der Waals surface area contributed by atoms with Gasteiger partial charge in [-0.25, -0.2) is 4.79 Å². The Balaban J connectivity index is 1.86. The Kier molecular flexibility index (Phi) is 3.96. The lowest BCUT2D eigenvalue weighted by Gasteiger charge is -2.33. The molecular weight excluding hydrogens is 350 g/mol. The molecule has 2 heterocycles. The number of nitrogens with zero attached hydrogens (tertiary/aromatic N) is 1. The van der Waals surface area contributed by atoms with Crippen LogP contribution in [0.15, 0.2) is 33.5 Å². The number of hydrogen-bond acceptors (Lipinski definition) is 4. The van der Waals surface area contributed by atoms with Gasteiger partial charge in [-0.2, -0.15) is 0 Å². The lowest BCUT2D eigenvalue weighted by molar-refractivity contribution is 0.287. The second-order valence-corrected chi connectivity index (χ2v) is 7.34. The maximum Gasteiger partial charge on any atom is 0.339 e. The molecule has 0 bridgehead atoms. The van der Waals surface area contributed by atoms with Crippen LogP contribution in [0.25, 0.3) is 11.0 Å². The van der Waals surface area contributed by atoms with Crippen LogP contribution in [0.5, 0.6) is 5.75 Å². The molecule has 3 aromatic rings. The molecule has 1 aromatic heterocycles. The van der Waals surface area contributed by atoms with Crippen LogP contribution in [0.2, 0.25) is 5.02 Å². The number of hydrogen-bond donors (Lipinski definition) is 0. The highest BCUT2D eigenvalue weighted by atomic mass is 35.5. The molecule has 2 aromatic carbocycles. The van der Waals surface area contributed by atoms with Crippen LogP contribution in [0, 0.1) is 27.7 Å². The zero-order valence-electron chi connectivity index (χ0n) is 15.3. The summed E-state index contributed by atoms with van der Waals surface area (Å²) in [7, 11) is 0. The zero-order valence-corrected chi connectivity index (χ0v) is 16.0. The van der Waals surface area contributed by atoms with Crippen LogP contribution in [-0.2, 0) is 6.54 Å². The van der Waals surface area contributed by atoms with Crippen LogP contribution in [0.4, 0.5) is 5.69 Å². The fourth-order valence-electron chi connectivity index (χ4n) is 3.58. The van der Waals surface area contributed by atoms with Crippen LogP contribution < -0.4 is 15.3 Å². The smallest absolute Gasteiger partial charge is 0.339 e. The highest BCUT2D eigenvalue weighted by Gasteiger charge is 2.24. The molecule has 4 nitrogen and oxygen atoms in total. The molecule has 26 heavy (non-hydrogen) atoms. The molecule has 0 spiro atoms. The predicted octanol–water partition coefficient (Wildman–Crippen LogP) is 5.04. The van der Waals surface area contributed by atoms with E-state index in [1.165, 1.54) is 0 Å². The molecule has 1 aliphatic heterocycles. The number of halogens is 1. The fourth-order valence-corrected chi connectivity index (χ4v) is 3.74. The van der Waals surface area contributed by atoms with Crippen LogP contribution in [0.3, 0.4) is 0 Å². The number of anilines is 1. The zero-order chi connectivity index (χ0) is 18.6. The van der Waals surface area contributed by atoms with Gasteiger partial charge in [-0.3, -0.25) is 0 Å². The summed E-state index contributed by atoms with van der Waals surface area (Å²) in [6.45, 7) is 8.91. The molecule has 0 saturated carbocycles. The van der Waals surface area contributed by atoms with Crippen molar-refractivity contribution >= 4 is 28.3 Å². The number of rotatable bonds is 1. The molecule has 0 N–H and O–H groups in total. The van der Waals surface area contributed by atoms with Gasteiger partial charge in [-0.1, -0.05) is 17.7 Å². The van der Waals surface area contributed by atoms with Crippen molar-refractivity contribution in [1.82, 2.24) is 0 Å². The number of aryl methyl sites for hydroxylation is 3. The van der Waals surface area contributed by atoms with Gasteiger partial charge in [0.25, 0.3) is 0 Å². The summed E-state index contributed by atoms with van der Waals surface area (Å²) in [5.41, 5.74) is 6.10. The second-order valence-electron chi connectivity index (χ2n) is 6.91. The maximum absolute atomic E-state index is 12.1. The highest BCUT2D eigenvalue weighted by molar-refractivity contribution is 6.30. The largest absolute Gasteiger partial charge is 0.472 e. The average Bonchev–Trinajstić information content (AvgIpc) is 2.63. The monoisotopic (exact) mass is 369 g/mol. The SMILES string of the molecule is Cc1ccc(Cl)cc1N1COc2c(cc3c(C)c(C)c(=O)oc3c2C)C1. The first-order valence-electron chi connectivity index (χ1n) is 8.57. The van der Waals surface area contributed by atoms with Crippen molar-refractivity contribution in [3.05, 3.63) is 67.5 Å². The third-order valence-corrected chi connectivity index (χ3v) is 5.48. The van der Waals surface area contributed by atoms with E-state index >= 15 is 0 Å². The summed E-state index contributed by atoms with van der Waals surface area (Å²) < 4.78 is 11.6. The lowest BCUT2D eigenvalue weighted by Crippen LogP contribution is -2.32. The average molecular weight is 370 g/mol. The van der Waals surface area contributed by atoms with Gasteiger partial charge in [0.05, 0.1) is 0 Å². The normalized spacial score (nSPS) is 13.7. The van der Waals surface area contributed by atoms with Crippen LogP contribution in [-0.4, -0.2) is 6.73 Å². The van der Waals surface area contributed by atoms with Crippen molar-refractivity contribution in [1.29, 1.82) is 0 Å². The summed E-state index contributed by atoms with van der Waals surface area (Å²) >= 11 is 6.18. The number of benzene rings is 2. The third kappa shape index (κ3) is 2.56. The fraction of sp³-hybridized carbons (Fsp3) is 0.286. The number of fused-ring (bicyclic) bond motifs is 2. The molecule has 0 fully saturated rings. The molecule has 0 amide bonds. The molecule has 0 radical (unpaired) electrons. The molecule has 5 heteroatoms. The van der Waals surface area contributed by atoms with Gasteiger partial charge in [0, 0.05) is 39.3 Å². The lowest BCUT2D eigenvalue weighted by atomic mass is 9.99. The van der Waals surface area contributed by atoms with Gasteiger partial charge >= 0.3 is 5.63 Å². The standard InChI is InChI=1S/C21H20ClNO3/c1-11-5-6-16(22)8-18(11)23-9-15-7-17-12(2)13(3)21(24)26-20(17)14(4)19(15)25-10-23/h5-8H,9-10H2,1-4H3. The predicted molar refractivity (Wildman–Crippen MR) is 105 cm³/mol. The van der Waals surface area contributed by atoms with Crippen LogP contribution >= 0.6 is 11.6 Å². The molecule has 4 rings (SSSR count). The van der Waals surface area contributed by atoms with E-state index in [2.05, 4.69) is 17.9 Å². The summed E-state index contributed by atoms with van der Waals surface area (Å²) in [4.78, 5) is 14.2. The summed E-state index contributed by atoms with van der Waals surface area (Å²) in [5.74, 6) is 0.805. The first-order valence-corrected chi connectivity index (χ1v) is 8.95. The van der Waals surface area contributed by atoms with E-state index in [1.807, 2.05) is 32.0 Å². The Hall–Kier alpha value is -2.46. The molecule has 0 unspecified atom stereocenters. The first-order chi connectivity index (χ1) is 12.4. The van der Waals surface area contributed by atoms with Crippen molar-refractivity contribution in [2.24, 2.45) is 0 Å². The van der Waals surface area contributed by atoms with Crippen molar-refractivity contribution in [2.75, 3.05) is 11.6 Å². The van der Waals surface area contributed by atoms with E-state index in [4.69, 9.17) is 20.8 Å². The molecular formula is C21H20ClNO3. The van der Waals surface area contributed by atoms with E-state index in [0.29, 0.717) is 29.4 Å². The quantitative estimate of drug-likeness (QED) is 0.564. The molecule has 0 saturated heterocycles. The van der Waals surface area contributed by atoms with Gasteiger partial charge in [-0.15, -0.1) is 0 Å². The van der Waals surface area contributed by atoms with Gasteiger partial charge in [0.2, 0.25) is 0 Å². The van der Waals surface area contributed by atoms with Gasteiger partial charge < -0.3 is 14.1 Å². The van der Waals surface area contributed by atoms with E-state index in [-0.39, 0.29) is 5.63 Å². The second kappa shape index (κ2) is 6.06. The minimum absolute atomic E-state index is 0.287. The minimum Gasteiger partial charge on any atom is -0.472 e. The minimum atomic E-state index is -0.287. The topological polar surface area (TPSA) is 42.7 Å². The Bertz CT molecular complexity index is 1100. The van der Waals surface area contributed by atoms with Crippen molar-refractivity contribution in [3.63, 3.8) is 0 Å². The van der Waals surface area contributed by atoms with E-state index in [1.54, 1.807) is 6.92 Å². The summed E-state index contributed by atoms with van der Waals surface area (Å²) in [5, 5.41) is 1.67. The Morgan fingerprint density at radius 2 is 1.81 bits per heavy atom. The van der Waals surface area contributed by atoms with Crippen molar-refractivity contribution in [3.8, 4) is 5.75 Å². The van der Waals surface area contributed by atoms with Gasteiger partial charge in [0.1, 0.15) is 11.3 Å².